The molecule has 7 heteroatoms. The van der Waals surface area contributed by atoms with E-state index in [-0.39, 0.29) is 5.41 Å². The Labute approximate surface area is 228 Å². The third kappa shape index (κ3) is 6.36. The van der Waals surface area contributed by atoms with Crippen LogP contribution in [0.1, 0.15) is 83.6 Å². The van der Waals surface area contributed by atoms with Crippen LogP contribution in [0.2, 0.25) is 0 Å². The van der Waals surface area contributed by atoms with E-state index in [2.05, 4.69) is 70.7 Å². The maximum atomic E-state index is 5.82. The number of anilines is 3. The standard InChI is InChI=1S/C30H44N6S/c1-23-12-11-18-35(21-23)26-20-27(36-19-10-7-13-24(36)2)33-28(32-26)34-29(37)31-22-30(16-8-4-9-17-30)25-14-5-3-6-15-25/h3,5-6,14-15,20,23-24H,4,7-13,16-19,21-22H2,1-2H3,(H2,31,32,33,34,37)/t23-,24-/m0/s1. The minimum absolute atomic E-state index is 0.131. The van der Waals surface area contributed by atoms with Crippen LogP contribution in [0.4, 0.5) is 17.6 Å². The summed E-state index contributed by atoms with van der Waals surface area (Å²) in [7, 11) is 0. The zero-order chi connectivity index (χ0) is 25.7. The Morgan fingerprint density at radius 3 is 2.49 bits per heavy atom. The van der Waals surface area contributed by atoms with Gasteiger partial charge in [0, 0.05) is 43.7 Å². The van der Waals surface area contributed by atoms with E-state index in [4.69, 9.17) is 22.2 Å². The number of nitrogens with one attached hydrogen (secondary N) is 2. The summed E-state index contributed by atoms with van der Waals surface area (Å²) in [6, 6.07) is 13.7. The molecule has 2 aromatic rings. The van der Waals surface area contributed by atoms with E-state index in [9.17, 15) is 0 Å². The monoisotopic (exact) mass is 520 g/mol. The highest BCUT2D eigenvalue weighted by atomic mass is 32.1. The van der Waals surface area contributed by atoms with Crippen LogP contribution in [0.15, 0.2) is 36.4 Å². The number of thiocarbonyl (C=S) groups is 1. The smallest absolute Gasteiger partial charge is 0.232 e. The van der Waals surface area contributed by atoms with E-state index < -0.39 is 0 Å². The number of aromatic nitrogens is 2. The molecule has 2 saturated heterocycles. The van der Waals surface area contributed by atoms with Gasteiger partial charge in [-0.2, -0.15) is 9.97 Å². The van der Waals surface area contributed by atoms with Crippen molar-refractivity contribution in [3.63, 3.8) is 0 Å². The van der Waals surface area contributed by atoms with Gasteiger partial charge in [-0.15, -0.1) is 0 Å². The average Bonchev–Trinajstić information content (AvgIpc) is 2.93. The van der Waals surface area contributed by atoms with E-state index in [1.165, 1.54) is 69.8 Å². The highest BCUT2D eigenvalue weighted by Gasteiger charge is 2.34. The van der Waals surface area contributed by atoms with Gasteiger partial charge in [-0.3, -0.25) is 0 Å². The van der Waals surface area contributed by atoms with Crippen molar-refractivity contribution in [1.82, 2.24) is 15.3 Å². The molecule has 3 heterocycles. The molecular formula is C30H44N6S. The molecule has 0 spiro atoms. The number of rotatable bonds is 6. The van der Waals surface area contributed by atoms with Gasteiger partial charge in [0.25, 0.3) is 0 Å². The molecule has 1 aliphatic carbocycles. The second kappa shape index (κ2) is 12.0. The number of nitrogens with zero attached hydrogens (tertiary/aromatic N) is 4. The third-order valence-electron chi connectivity index (χ3n) is 8.79. The lowest BCUT2D eigenvalue weighted by atomic mass is 9.69. The molecule has 200 valence electrons. The molecule has 0 unspecified atom stereocenters. The molecular weight excluding hydrogens is 476 g/mol. The fourth-order valence-corrected chi connectivity index (χ4v) is 6.77. The summed E-state index contributed by atoms with van der Waals surface area (Å²) in [4.78, 5) is 14.8. The molecule has 5 rings (SSSR count). The molecule has 0 amide bonds. The number of hydrogen-bond acceptors (Lipinski definition) is 5. The number of piperidine rings is 2. The van der Waals surface area contributed by atoms with E-state index >= 15 is 0 Å². The van der Waals surface area contributed by atoms with Gasteiger partial charge in [-0.1, -0.05) is 56.5 Å². The molecule has 0 radical (unpaired) electrons. The summed E-state index contributed by atoms with van der Waals surface area (Å²) in [5, 5.41) is 7.56. The molecule has 1 aromatic carbocycles. The summed E-state index contributed by atoms with van der Waals surface area (Å²) >= 11 is 5.82. The van der Waals surface area contributed by atoms with Crippen LogP contribution in [0.3, 0.4) is 0 Å². The van der Waals surface area contributed by atoms with E-state index in [1.54, 1.807) is 0 Å². The fourth-order valence-electron chi connectivity index (χ4n) is 6.61. The first-order valence-corrected chi connectivity index (χ1v) is 14.9. The Hall–Kier alpha value is -2.41. The highest BCUT2D eigenvalue weighted by Crippen LogP contribution is 2.39. The van der Waals surface area contributed by atoms with Crippen molar-refractivity contribution < 1.29 is 0 Å². The molecule has 3 fully saturated rings. The van der Waals surface area contributed by atoms with Gasteiger partial charge in [0.2, 0.25) is 5.95 Å². The zero-order valence-electron chi connectivity index (χ0n) is 22.7. The molecule has 1 saturated carbocycles. The third-order valence-corrected chi connectivity index (χ3v) is 9.03. The molecule has 3 aliphatic rings. The van der Waals surface area contributed by atoms with Crippen LogP contribution in [0.25, 0.3) is 0 Å². The zero-order valence-corrected chi connectivity index (χ0v) is 23.5. The Kier molecular flexibility index (Phi) is 8.48. The molecule has 37 heavy (non-hydrogen) atoms. The van der Waals surface area contributed by atoms with Gasteiger partial charge in [0.1, 0.15) is 11.6 Å². The first-order chi connectivity index (χ1) is 18.0. The number of hydrogen-bond donors (Lipinski definition) is 2. The van der Waals surface area contributed by atoms with Gasteiger partial charge < -0.3 is 20.4 Å². The van der Waals surface area contributed by atoms with Crippen molar-refractivity contribution in [3.05, 3.63) is 42.0 Å². The van der Waals surface area contributed by atoms with Crippen LogP contribution < -0.4 is 20.4 Å². The minimum Gasteiger partial charge on any atom is -0.361 e. The van der Waals surface area contributed by atoms with Crippen LogP contribution in [0, 0.1) is 5.92 Å². The van der Waals surface area contributed by atoms with Crippen molar-refractivity contribution in [2.75, 3.05) is 41.3 Å². The molecule has 2 N–H and O–H groups in total. The number of benzene rings is 1. The van der Waals surface area contributed by atoms with E-state index in [0.29, 0.717) is 23.0 Å². The Bertz CT molecular complexity index is 1040. The van der Waals surface area contributed by atoms with Crippen molar-refractivity contribution in [2.45, 2.75) is 89.5 Å². The Morgan fingerprint density at radius 1 is 0.946 bits per heavy atom. The first kappa shape index (κ1) is 26.2. The summed E-state index contributed by atoms with van der Waals surface area (Å²) < 4.78 is 0. The molecule has 1 aromatic heterocycles. The van der Waals surface area contributed by atoms with Gasteiger partial charge in [-0.25, -0.2) is 0 Å². The highest BCUT2D eigenvalue weighted by molar-refractivity contribution is 7.80. The summed E-state index contributed by atoms with van der Waals surface area (Å²) in [5.74, 6) is 3.34. The quantitative estimate of drug-likeness (QED) is 0.435. The van der Waals surface area contributed by atoms with Crippen molar-refractivity contribution in [3.8, 4) is 0 Å². The van der Waals surface area contributed by atoms with Crippen LogP contribution in [-0.2, 0) is 5.41 Å². The minimum atomic E-state index is 0.131. The van der Waals surface area contributed by atoms with E-state index in [1.807, 2.05) is 0 Å². The normalized spacial score (nSPS) is 23.9. The lowest BCUT2D eigenvalue weighted by Gasteiger charge is -2.38. The van der Waals surface area contributed by atoms with Crippen molar-refractivity contribution in [1.29, 1.82) is 0 Å². The maximum absolute atomic E-state index is 5.82. The second-order valence-corrected chi connectivity index (χ2v) is 12.1. The molecule has 2 aliphatic heterocycles. The Morgan fingerprint density at radius 2 is 1.73 bits per heavy atom. The van der Waals surface area contributed by atoms with E-state index in [0.717, 1.165) is 37.8 Å². The van der Waals surface area contributed by atoms with Gasteiger partial charge in [0.05, 0.1) is 0 Å². The topological polar surface area (TPSA) is 56.3 Å². The predicted octanol–water partition coefficient (Wildman–Crippen LogP) is 6.28. The van der Waals surface area contributed by atoms with Gasteiger partial charge >= 0.3 is 0 Å². The predicted molar refractivity (Wildman–Crippen MR) is 159 cm³/mol. The summed E-state index contributed by atoms with van der Waals surface area (Å²) in [5.41, 5.74) is 1.55. The van der Waals surface area contributed by atoms with Crippen LogP contribution in [0.5, 0.6) is 0 Å². The lowest BCUT2D eigenvalue weighted by molar-refractivity contribution is 0.292. The second-order valence-electron chi connectivity index (χ2n) is 11.7. The van der Waals surface area contributed by atoms with Crippen molar-refractivity contribution in [2.24, 2.45) is 5.92 Å². The first-order valence-electron chi connectivity index (χ1n) is 14.5. The molecule has 6 nitrogen and oxygen atoms in total. The van der Waals surface area contributed by atoms with Gasteiger partial charge in [0.15, 0.2) is 5.11 Å². The maximum Gasteiger partial charge on any atom is 0.232 e. The molecule has 2 atom stereocenters. The van der Waals surface area contributed by atoms with Crippen molar-refractivity contribution >= 4 is 34.9 Å². The van der Waals surface area contributed by atoms with Crippen LogP contribution >= 0.6 is 12.2 Å². The summed E-state index contributed by atoms with van der Waals surface area (Å²) in [6.45, 7) is 8.65. The summed E-state index contributed by atoms with van der Waals surface area (Å²) in [6.07, 6.45) is 12.5. The lowest BCUT2D eigenvalue weighted by Crippen LogP contribution is -2.44. The molecule has 0 bridgehead atoms. The average molecular weight is 521 g/mol. The SMILES string of the molecule is C[C@H]1CCCN(c2cc(N3CCCC[C@@H]3C)nc(NC(=S)NCC3(c4ccccc4)CCCCC3)n2)C1. The van der Waals surface area contributed by atoms with Crippen LogP contribution in [-0.4, -0.2) is 47.3 Å². The largest absolute Gasteiger partial charge is 0.361 e. The Balaban J connectivity index is 1.34. The fraction of sp³-hybridized carbons (Fsp3) is 0.633. The van der Waals surface area contributed by atoms with Gasteiger partial charge in [-0.05, 0) is 75.6 Å².